The summed E-state index contributed by atoms with van der Waals surface area (Å²) < 4.78 is 0. The number of phenols is 1. The molecule has 23 heavy (non-hydrogen) atoms. The summed E-state index contributed by atoms with van der Waals surface area (Å²) in [5.41, 5.74) is 0.663. The van der Waals surface area contributed by atoms with E-state index in [0.717, 1.165) is 12.8 Å². The van der Waals surface area contributed by atoms with Gasteiger partial charge in [0.2, 0.25) is 0 Å². The zero-order valence-electron chi connectivity index (χ0n) is 15.0. The molecule has 132 valence electrons. The molecule has 2 nitrogen and oxygen atoms in total. The quantitative estimate of drug-likeness (QED) is 0.383. The van der Waals surface area contributed by atoms with Crippen LogP contribution in [0.25, 0.3) is 0 Å². The molecule has 0 heterocycles. The molecular formula is C21H36O2. The van der Waals surface area contributed by atoms with Gasteiger partial charge < -0.3 is 10.2 Å². The Kier molecular flexibility index (Phi) is 11.7. The lowest BCUT2D eigenvalue weighted by molar-refractivity contribution is 0.159. The van der Waals surface area contributed by atoms with E-state index in [0.29, 0.717) is 5.56 Å². The fraction of sp³-hybridized carbons (Fsp3) is 0.714. The molecule has 0 amide bonds. The first-order valence-electron chi connectivity index (χ1n) is 9.71. The molecule has 1 aromatic carbocycles. The van der Waals surface area contributed by atoms with E-state index in [1.54, 1.807) is 18.2 Å². The van der Waals surface area contributed by atoms with E-state index in [9.17, 15) is 10.2 Å². The Labute approximate surface area is 142 Å². The van der Waals surface area contributed by atoms with Crippen LogP contribution < -0.4 is 0 Å². The van der Waals surface area contributed by atoms with Crippen LogP contribution in [0.15, 0.2) is 24.3 Å². The Hall–Kier alpha value is -1.02. The van der Waals surface area contributed by atoms with Gasteiger partial charge in [-0.25, -0.2) is 0 Å². The Morgan fingerprint density at radius 3 is 1.74 bits per heavy atom. The average molecular weight is 321 g/mol. The van der Waals surface area contributed by atoms with Gasteiger partial charge in [0.15, 0.2) is 0 Å². The smallest absolute Gasteiger partial charge is 0.121 e. The Morgan fingerprint density at radius 2 is 1.22 bits per heavy atom. The predicted molar refractivity (Wildman–Crippen MR) is 98.8 cm³/mol. The van der Waals surface area contributed by atoms with Crippen molar-refractivity contribution in [1.29, 1.82) is 0 Å². The van der Waals surface area contributed by atoms with Gasteiger partial charge in [-0.2, -0.15) is 0 Å². The SMILES string of the molecule is CCCCCCCCCCCCCCC(O)c1ccccc1O. The largest absolute Gasteiger partial charge is 0.508 e. The lowest BCUT2D eigenvalue weighted by Gasteiger charge is -2.12. The van der Waals surface area contributed by atoms with Crippen molar-refractivity contribution >= 4 is 0 Å². The number of hydrogen-bond donors (Lipinski definition) is 2. The minimum atomic E-state index is -0.528. The monoisotopic (exact) mass is 320 g/mol. The van der Waals surface area contributed by atoms with Gasteiger partial charge in [0.1, 0.15) is 5.75 Å². The van der Waals surface area contributed by atoms with Crippen LogP contribution in [0.2, 0.25) is 0 Å². The molecule has 1 unspecified atom stereocenters. The van der Waals surface area contributed by atoms with E-state index in [2.05, 4.69) is 6.92 Å². The normalized spacial score (nSPS) is 12.4. The van der Waals surface area contributed by atoms with E-state index in [-0.39, 0.29) is 5.75 Å². The molecule has 0 bridgehead atoms. The summed E-state index contributed by atoms with van der Waals surface area (Å²) in [5.74, 6) is 0.207. The molecular weight excluding hydrogens is 284 g/mol. The van der Waals surface area contributed by atoms with E-state index in [1.807, 2.05) is 6.07 Å². The molecule has 1 aromatic rings. The van der Waals surface area contributed by atoms with E-state index in [1.165, 1.54) is 70.6 Å². The fourth-order valence-electron chi connectivity index (χ4n) is 3.10. The van der Waals surface area contributed by atoms with Crippen LogP contribution >= 0.6 is 0 Å². The highest BCUT2D eigenvalue weighted by molar-refractivity contribution is 5.33. The van der Waals surface area contributed by atoms with Gasteiger partial charge >= 0.3 is 0 Å². The van der Waals surface area contributed by atoms with E-state index < -0.39 is 6.10 Å². The van der Waals surface area contributed by atoms with Crippen molar-refractivity contribution in [3.8, 4) is 5.75 Å². The van der Waals surface area contributed by atoms with Gasteiger partial charge in [-0.1, -0.05) is 102 Å². The van der Waals surface area contributed by atoms with Crippen LogP contribution in [0, 0.1) is 0 Å². The standard InChI is InChI=1S/C21H36O2/c1-2-3-4-5-6-7-8-9-10-11-12-13-17-20(22)19-16-14-15-18-21(19)23/h14-16,18,20,22-23H,2-13,17H2,1H3. The van der Waals surface area contributed by atoms with Gasteiger partial charge in [-0.05, 0) is 12.5 Å². The number of rotatable bonds is 14. The summed E-state index contributed by atoms with van der Waals surface area (Å²) in [6, 6.07) is 7.09. The van der Waals surface area contributed by atoms with Crippen LogP contribution in [0.4, 0.5) is 0 Å². The molecule has 0 saturated heterocycles. The van der Waals surface area contributed by atoms with E-state index >= 15 is 0 Å². The first-order chi connectivity index (χ1) is 11.3. The Balaban J connectivity index is 1.91. The summed E-state index contributed by atoms with van der Waals surface area (Å²) in [6.45, 7) is 2.27. The lowest BCUT2D eigenvalue weighted by atomic mass is 10.0. The fourth-order valence-corrected chi connectivity index (χ4v) is 3.10. The molecule has 0 aliphatic carbocycles. The summed E-state index contributed by atoms with van der Waals surface area (Å²) in [4.78, 5) is 0. The molecule has 0 aliphatic rings. The Bertz CT molecular complexity index is 389. The highest BCUT2D eigenvalue weighted by Crippen LogP contribution is 2.27. The molecule has 0 radical (unpaired) electrons. The third-order valence-electron chi connectivity index (χ3n) is 4.63. The maximum Gasteiger partial charge on any atom is 0.121 e. The van der Waals surface area contributed by atoms with Crippen molar-refractivity contribution in [3.63, 3.8) is 0 Å². The molecule has 2 N–H and O–H groups in total. The van der Waals surface area contributed by atoms with Gasteiger partial charge in [0.05, 0.1) is 6.10 Å². The number of phenolic OH excluding ortho intramolecular Hbond substituents is 1. The van der Waals surface area contributed by atoms with Crippen LogP contribution in [-0.2, 0) is 0 Å². The summed E-state index contributed by atoms with van der Waals surface area (Å²) in [5, 5.41) is 19.8. The van der Waals surface area contributed by atoms with Crippen LogP contribution in [0.3, 0.4) is 0 Å². The molecule has 1 atom stereocenters. The number of unbranched alkanes of at least 4 members (excludes halogenated alkanes) is 11. The molecule has 0 aromatic heterocycles. The highest BCUT2D eigenvalue weighted by Gasteiger charge is 2.10. The zero-order valence-corrected chi connectivity index (χ0v) is 15.0. The first-order valence-corrected chi connectivity index (χ1v) is 9.71. The molecule has 0 saturated carbocycles. The topological polar surface area (TPSA) is 40.5 Å². The van der Waals surface area contributed by atoms with Gasteiger partial charge in [0, 0.05) is 5.56 Å². The first kappa shape index (κ1) is 20.0. The number of aliphatic hydroxyl groups excluding tert-OH is 1. The van der Waals surface area contributed by atoms with Crippen molar-refractivity contribution in [2.75, 3.05) is 0 Å². The van der Waals surface area contributed by atoms with Crippen molar-refractivity contribution in [2.45, 2.75) is 96.5 Å². The average Bonchev–Trinajstić information content (AvgIpc) is 2.56. The lowest BCUT2D eigenvalue weighted by Crippen LogP contribution is -1.97. The van der Waals surface area contributed by atoms with Gasteiger partial charge in [-0.15, -0.1) is 0 Å². The number of benzene rings is 1. The minimum absolute atomic E-state index is 0.207. The summed E-state index contributed by atoms with van der Waals surface area (Å²) in [7, 11) is 0. The van der Waals surface area contributed by atoms with Crippen LogP contribution in [-0.4, -0.2) is 10.2 Å². The third-order valence-corrected chi connectivity index (χ3v) is 4.63. The second kappa shape index (κ2) is 13.4. The van der Waals surface area contributed by atoms with Crippen LogP contribution in [0.5, 0.6) is 5.75 Å². The number of para-hydroxylation sites is 1. The van der Waals surface area contributed by atoms with E-state index in [4.69, 9.17) is 0 Å². The molecule has 2 heteroatoms. The van der Waals surface area contributed by atoms with Crippen molar-refractivity contribution in [2.24, 2.45) is 0 Å². The van der Waals surface area contributed by atoms with Crippen molar-refractivity contribution in [3.05, 3.63) is 29.8 Å². The van der Waals surface area contributed by atoms with Gasteiger partial charge in [-0.3, -0.25) is 0 Å². The second-order valence-electron chi connectivity index (χ2n) is 6.75. The number of hydrogen-bond acceptors (Lipinski definition) is 2. The minimum Gasteiger partial charge on any atom is -0.508 e. The van der Waals surface area contributed by atoms with Crippen molar-refractivity contribution in [1.82, 2.24) is 0 Å². The number of aliphatic hydroxyl groups is 1. The molecule has 0 aliphatic heterocycles. The molecule has 0 spiro atoms. The third kappa shape index (κ3) is 9.65. The number of aromatic hydroxyl groups is 1. The Morgan fingerprint density at radius 1 is 0.739 bits per heavy atom. The summed E-state index contributed by atoms with van der Waals surface area (Å²) in [6.07, 6.45) is 16.1. The highest BCUT2D eigenvalue weighted by atomic mass is 16.3. The molecule has 0 fully saturated rings. The van der Waals surface area contributed by atoms with Crippen LogP contribution in [0.1, 0.15) is 102 Å². The maximum atomic E-state index is 10.1. The van der Waals surface area contributed by atoms with Gasteiger partial charge in [0.25, 0.3) is 0 Å². The second-order valence-corrected chi connectivity index (χ2v) is 6.75. The predicted octanol–water partition coefficient (Wildman–Crippen LogP) is 6.52. The summed E-state index contributed by atoms with van der Waals surface area (Å²) >= 11 is 0. The molecule has 1 rings (SSSR count). The van der Waals surface area contributed by atoms with Crippen molar-refractivity contribution < 1.29 is 10.2 Å². The maximum absolute atomic E-state index is 10.1. The zero-order chi connectivity index (χ0) is 16.8.